The molecular weight excluding hydrogens is 328 g/mol. The Labute approximate surface area is 148 Å². The van der Waals surface area contributed by atoms with Crippen LogP contribution in [0.3, 0.4) is 0 Å². The molecule has 1 aromatic rings. The molecule has 24 heavy (non-hydrogen) atoms. The van der Waals surface area contributed by atoms with Crippen molar-refractivity contribution in [1.29, 1.82) is 0 Å². The maximum atomic E-state index is 11.9. The van der Waals surface area contributed by atoms with Crippen LogP contribution in [0.1, 0.15) is 38.5 Å². The Balaban J connectivity index is 1.54. The normalized spacial score (nSPS) is 15.0. The number of hydrogen-bond donors (Lipinski definition) is 1. The number of nitrogens with one attached hydrogen (secondary N) is 1. The van der Waals surface area contributed by atoms with Gasteiger partial charge in [-0.15, -0.1) is 0 Å². The molecule has 1 aliphatic heterocycles. The number of benzene rings is 1. The highest BCUT2D eigenvalue weighted by molar-refractivity contribution is 6.30. The monoisotopic (exact) mass is 352 g/mol. The van der Waals surface area contributed by atoms with Crippen LogP contribution >= 0.6 is 11.6 Å². The van der Waals surface area contributed by atoms with E-state index in [1.807, 2.05) is 4.90 Å². The molecule has 1 aromatic carbocycles. The summed E-state index contributed by atoms with van der Waals surface area (Å²) in [5.41, 5.74) is 0. The zero-order chi connectivity index (χ0) is 17.2. The summed E-state index contributed by atoms with van der Waals surface area (Å²) in [4.78, 5) is 25.5. The first-order valence-electron chi connectivity index (χ1n) is 8.58. The lowest BCUT2D eigenvalue weighted by molar-refractivity contribution is -0.130. The molecule has 0 aromatic heterocycles. The molecule has 5 nitrogen and oxygen atoms in total. The fourth-order valence-electron chi connectivity index (χ4n) is 2.65. The first-order chi connectivity index (χ1) is 11.6. The number of carbonyl (C=O) groups is 2. The molecule has 0 unspecified atom stereocenters. The zero-order valence-electron chi connectivity index (χ0n) is 13.9. The first-order valence-corrected chi connectivity index (χ1v) is 8.96. The minimum absolute atomic E-state index is 0.0360. The number of ether oxygens (including phenoxy) is 1. The number of likely N-dealkylation sites (tertiary alicyclic amines) is 1. The van der Waals surface area contributed by atoms with Crippen molar-refractivity contribution < 1.29 is 14.3 Å². The van der Waals surface area contributed by atoms with Crippen molar-refractivity contribution in [2.24, 2.45) is 0 Å². The molecule has 2 rings (SSSR count). The smallest absolute Gasteiger partial charge is 0.223 e. The lowest BCUT2D eigenvalue weighted by Crippen LogP contribution is -2.34. The average Bonchev–Trinajstić information content (AvgIpc) is 2.78. The van der Waals surface area contributed by atoms with Crippen LogP contribution in [0.4, 0.5) is 0 Å². The van der Waals surface area contributed by atoms with Gasteiger partial charge in [0.2, 0.25) is 11.8 Å². The van der Waals surface area contributed by atoms with Crippen molar-refractivity contribution in [3.63, 3.8) is 0 Å². The molecule has 6 heteroatoms. The number of amides is 2. The molecule has 0 spiro atoms. The molecule has 1 fully saturated rings. The van der Waals surface area contributed by atoms with Gasteiger partial charge in [-0.1, -0.05) is 18.0 Å². The molecule has 0 bridgehead atoms. The second-order valence-electron chi connectivity index (χ2n) is 5.95. The fraction of sp³-hybridized carbons (Fsp3) is 0.556. The fourth-order valence-corrected chi connectivity index (χ4v) is 2.78. The van der Waals surface area contributed by atoms with Crippen molar-refractivity contribution in [1.82, 2.24) is 10.2 Å². The van der Waals surface area contributed by atoms with E-state index < -0.39 is 0 Å². The Morgan fingerprint density at radius 3 is 2.79 bits per heavy atom. The third-order valence-corrected chi connectivity index (χ3v) is 4.26. The van der Waals surface area contributed by atoms with Crippen LogP contribution in [0.15, 0.2) is 24.3 Å². The molecule has 0 aliphatic carbocycles. The molecule has 132 valence electrons. The largest absolute Gasteiger partial charge is 0.493 e. The van der Waals surface area contributed by atoms with Gasteiger partial charge < -0.3 is 15.0 Å². The molecule has 0 saturated carbocycles. The van der Waals surface area contributed by atoms with Gasteiger partial charge >= 0.3 is 0 Å². The van der Waals surface area contributed by atoms with Gasteiger partial charge in [0.15, 0.2) is 0 Å². The van der Waals surface area contributed by atoms with E-state index in [9.17, 15) is 9.59 Å². The van der Waals surface area contributed by atoms with Crippen molar-refractivity contribution in [3.05, 3.63) is 29.3 Å². The van der Waals surface area contributed by atoms with E-state index in [1.54, 1.807) is 24.3 Å². The van der Waals surface area contributed by atoms with E-state index in [2.05, 4.69) is 5.32 Å². The number of hydrogen-bond acceptors (Lipinski definition) is 3. The van der Waals surface area contributed by atoms with Crippen LogP contribution in [0.2, 0.25) is 5.02 Å². The topological polar surface area (TPSA) is 58.6 Å². The first kappa shape index (κ1) is 18.6. The number of nitrogens with zero attached hydrogens (tertiary/aromatic N) is 1. The lowest BCUT2D eigenvalue weighted by Gasteiger charge is -2.20. The van der Waals surface area contributed by atoms with E-state index in [-0.39, 0.29) is 11.8 Å². The van der Waals surface area contributed by atoms with Crippen molar-refractivity contribution in [2.75, 3.05) is 26.2 Å². The molecule has 1 heterocycles. The van der Waals surface area contributed by atoms with E-state index in [0.29, 0.717) is 36.8 Å². The third kappa shape index (κ3) is 6.79. The third-order valence-electron chi connectivity index (χ3n) is 4.01. The van der Waals surface area contributed by atoms with Crippen molar-refractivity contribution >= 4 is 23.4 Å². The van der Waals surface area contributed by atoms with E-state index in [1.165, 1.54) is 0 Å². The average molecular weight is 353 g/mol. The number of rotatable bonds is 8. The molecular formula is C18H25ClN2O3. The van der Waals surface area contributed by atoms with Crippen LogP contribution in [0, 0.1) is 0 Å². The number of halogens is 1. The lowest BCUT2D eigenvalue weighted by atomic mass is 10.2. The van der Waals surface area contributed by atoms with Crippen LogP contribution in [-0.4, -0.2) is 43.0 Å². The summed E-state index contributed by atoms with van der Waals surface area (Å²) in [5.74, 6) is 0.910. The maximum Gasteiger partial charge on any atom is 0.223 e. The van der Waals surface area contributed by atoms with Gasteiger partial charge in [-0.2, -0.15) is 0 Å². The van der Waals surface area contributed by atoms with E-state index in [4.69, 9.17) is 16.3 Å². The van der Waals surface area contributed by atoms with Crippen LogP contribution in [0.25, 0.3) is 0 Å². The summed E-state index contributed by atoms with van der Waals surface area (Å²) in [6.07, 6.45) is 4.97. The van der Waals surface area contributed by atoms with Crippen LogP contribution in [-0.2, 0) is 9.59 Å². The Kier molecular flexibility index (Phi) is 7.89. The Morgan fingerprint density at radius 2 is 2.00 bits per heavy atom. The summed E-state index contributed by atoms with van der Waals surface area (Å²) < 4.78 is 5.49. The SMILES string of the molecule is O=C(CCOc1ccc(Cl)cc1)NCCCN1CCCCCC1=O. The van der Waals surface area contributed by atoms with Gasteiger partial charge in [0.05, 0.1) is 13.0 Å². The number of carbonyl (C=O) groups excluding carboxylic acids is 2. The molecule has 1 N–H and O–H groups in total. The molecule has 2 amide bonds. The highest BCUT2D eigenvalue weighted by Gasteiger charge is 2.15. The van der Waals surface area contributed by atoms with Gasteiger partial charge in [-0.05, 0) is 43.5 Å². The summed E-state index contributed by atoms with van der Waals surface area (Å²) in [6, 6.07) is 7.05. The van der Waals surface area contributed by atoms with Crippen molar-refractivity contribution in [2.45, 2.75) is 38.5 Å². The highest BCUT2D eigenvalue weighted by atomic mass is 35.5. The van der Waals surface area contributed by atoms with Gasteiger partial charge in [-0.25, -0.2) is 0 Å². The second-order valence-corrected chi connectivity index (χ2v) is 6.38. The van der Waals surface area contributed by atoms with Gasteiger partial charge in [0, 0.05) is 31.1 Å². The van der Waals surface area contributed by atoms with Crippen molar-refractivity contribution in [3.8, 4) is 5.75 Å². The Bertz CT molecular complexity index is 534. The standard InChI is InChI=1S/C18H25ClN2O3/c19-15-6-8-16(9-7-15)24-14-10-17(22)20-11-4-13-21-12-3-1-2-5-18(21)23/h6-9H,1-5,10-14H2,(H,20,22). The van der Waals surface area contributed by atoms with E-state index in [0.717, 1.165) is 38.8 Å². The minimum Gasteiger partial charge on any atom is -0.493 e. The molecule has 1 saturated heterocycles. The second kappa shape index (κ2) is 10.2. The van der Waals surface area contributed by atoms with E-state index >= 15 is 0 Å². The van der Waals surface area contributed by atoms with Gasteiger partial charge in [0.25, 0.3) is 0 Å². The molecule has 0 atom stereocenters. The van der Waals surface area contributed by atoms with Crippen LogP contribution < -0.4 is 10.1 Å². The minimum atomic E-state index is -0.0360. The molecule has 0 radical (unpaired) electrons. The summed E-state index contributed by atoms with van der Waals surface area (Å²) in [5, 5.41) is 3.53. The van der Waals surface area contributed by atoms with Crippen LogP contribution in [0.5, 0.6) is 5.75 Å². The predicted octanol–water partition coefficient (Wildman–Crippen LogP) is 3.02. The Morgan fingerprint density at radius 1 is 1.21 bits per heavy atom. The maximum absolute atomic E-state index is 11.9. The summed E-state index contributed by atoms with van der Waals surface area (Å²) >= 11 is 5.80. The molecule has 1 aliphatic rings. The predicted molar refractivity (Wildman–Crippen MR) is 94.2 cm³/mol. The van der Waals surface area contributed by atoms with Gasteiger partial charge in [0.1, 0.15) is 5.75 Å². The van der Waals surface area contributed by atoms with Gasteiger partial charge in [-0.3, -0.25) is 9.59 Å². The summed E-state index contributed by atoms with van der Waals surface area (Å²) in [7, 11) is 0. The zero-order valence-corrected chi connectivity index (χ0v) is 14.7. The highest BCUT2D eigenvalue weighted by Crippen LogP contribution is 2.15. The quantitative estimate of drug-likeness (QED) is 0.732. The summed E-state index contributed by atoms with van der Waals surface area (Å²) in [6.45, 7) is 2.49. The Hall–Kier alpha value is -1.75.